The maximum atomic E-state index is 5.24. The zero-order valence-electron chi connectivity index (χ0n) is 10.9. The molecule has 0 N–H and O–H groups in total. The Hall–Kier alpha value is -1.51. The standard InChI is InChI=1S/C12H12N4O2S2/c1-7(11-15-9(5-17-2)16-18-11)20-12-10-8(3-4-19-10)13-6-14-12/h3-4,6-7H,5H2,1-2H3/t7-/m1/s1. The molecule has 0 aliphatic rings. The molecule has 0 unspecified atom stereocenters. The van der Waals surface area contributed by atoms with Gasteiger partial charge in [0.1, 0.15) is 18.0 Å². The summed E-state index contributed by atoms with van der Waals surface area (Å²) in [5.41, 5.74) is 0.963. The maximum Gasteiger partial charge on any atom is 0.239 e. The van der Waals surface area contributed by atoms with Crippen molar-refractivity contribution in [3.8, 4) is 0 Å². The monoisotopic (exact) mass is 308 g/mol. The Balaban J connectivity index is 1.81. The van der Waals surface area contributed by atoms with Gasteiger partial charge in [-0.2, -0.15) is 4.98 Å². The van der Waals surface area contributed by atoms with E-state index in [4.69, 9.17) is 9.26 Å². The number of hydrogen-bond donors (Lipinski definition) is 0. The van der Waals surface area contributed by atoms with Gasteiger partial charge in [-0.15, -0.1) is 11.3 Å². The summed E-state index contributed by atoms with van der Waals surface area (Å²) in [5, 5.41) is 6.83. The van der Waals surface area contributed by atoms with Crippen LogP contribution in [0.25, 0.3) is 10.2 Å². The summed E-state index contributed by atoms with van der Waals surface area (Å²) >= 11 is 3.22. The molecule has 8 heteroatoms. The van der Waals surface area contributed by atoms with Crippen molar-refractivity contribution in [3.63, 3.8) is 0 Å². The third-order valence-corrected chi connectivity index (χ3v) is 4.73. The van der Waals surface area contributed by atoms with Gasteiger partial charge in [-0.1, -0.05) is 16.9 Å². The predicted molar refractivity (Wildman–Crippen MR) is 76.7 cm³/mol. The van der Waals surface area contributed by atoms with E-state index in [9.17, 15) is 0 Å². The fourth-order valence-electron chi connectivity index (χ4n) is 1.69. The molecule has 1 atom stereocenters. The van der Waals surface area contributed by atoms with Gasteiger partial charge >= 0.3 is 0 Å². The number of nitrogens with zero attached hydrogens (tertiary/aromatic N) is 4. The maximum absolute atomic E-state index is 5.24. The lowest BCUT2D eigenvalue weighted by atomic mass is 10.5. The number of fused-ring (bicyclic) bond motifs is 1. The molecule has 3 rings (SSSR count). The SMILES string of the molecule is COCc1noc([C@@H](C)Sc2ncnc3ccsc23)n1. The van der Waals surface area contributed by atoms with E-state index in [0.717, 1.165) is 15.2 Å². The molecule has 6 nitrogen and oxygen atoms in total. The predicted octanol–water partition coefficient (Wildman–Crippen LogP) is 3.07. The minimum absolute atomic E-state index is 0.0216. The summed E-state index contributed by atoms with van der Waals surface area (Å²) in [5.74, 6) is 1.13. The molecule has 0 aliphatic carbocycles. The quantitative estimate of drug-likeness (QED) is 0.529. The Morgan fingerprint density at radius 1 is 1.45 bits per heavy atom. The van der Waals surface area contributed by atoms with Crippen LogP contribution >= 0.6 is 23.1 Å². The Bertz CT molecular complexity index is 712. The molecule has 20 heavy (non-hydrogen) atoms. The lowest BCUT2D eigenvalue weighted by molar-refractivity contribution is 0.174. The van der Waals surface area contributed by atoms with Crippen molar-refractivity contribution < 1.29 is 9.26 Å². The number of thioether (sulfide) groups is 1. The summed E-state index contributed by atoms with van der Waals surface area (Å²) in [7, 11) is 1.60. The minimum atomic E-state index is 0.0216. The second-order valence-corrected chi connectivity index (χ2v) is 6.30. The molecule has 0 fully saturated rings. The highest BCUT2D eigenvalue weighted by Crippen LogP contribution is 2.37. The molecule has 104 valence electrons. The van der Waals surface area contributed by atoms with Gasteiger partial charge in [0.15, 0.2) is 5.82 Å². The molecular formula is C12H12N4O2S2. The van der Waals surface area contributed by atoms with E-state index in [-0.39, 0.29) is 5.25 Å². The van der Waals surface area contributed by atoms with Crippen LogP contribution < -0.4 is 0 Å². The Labute approximate surface area is 123 Å². The summed E-state index contributed by atoms with van der Waals surface area (Å²) in [6, 6.07) is 1.99. The van der Waals surface area contributed by atoms with Crippen molar-refractivity contribution in [3.05, 3.63) is 29.5 Å². The lowest BCUT2D eigenvalue weighted by Gasteiger charge is -2.05. The zero-order chi connectivity index (χ0) is 13.9. The third kappa shape index (κ3) is 2.67. The van der Waals surface area contributed by atoms with Crippen molar-refractivity contribution in [1.82, 2.24) is 20.1 Å². The van der Waals surface area contributed by atoms with Gasteiger partial charge in [0, 0.05) is 7.11 Å². The van der Waals surface area contributed by atoms with Crippen LogP contribution in [0.4, 0.5) is 0 Å². The Morgan fingerprint density at radius 2 is 2.35 bits per heavy atom. The van der Waals surface area contributed by atoms with Crippen molar-refractivity contribution >= 4 is 33.3 Å². The second-order valence-electron chi connectivity index (χ2n) is 4.06. The van der Waals surface area contributed by atoms with Crippen LogP contribution in [0.1, 0.15) is 23.9 Å². The smallest absolute Gasteiger partial charge is 0.239 e. The first-order valence-corrected chi connectivity index (χ1v) is 7.70. The van der Waals surface area contributed by atoms with Gasteiger partial charge in [0.25, 0.3) is 0 Å². The second kappa shape index (κ2) is 5.86. The highest BCUT2D eigenvalue weighted by Gasteiger charge is 2.18. The summed E-state index contributed by atoms with van der Waals surface area (Å²) < 4.78 is 11.3. The average Bonchev–Trinajstić information content (AvgIpc) is 3.08. The van der Waals surface area contributed by atoms with Crippen LogP contribution in [0.2, 0.25) is 0 Å². The van der Waals surface area contributed by atoms with E-state index < -0.39 is 0 Å². The Morgan fingerprint density at radius 3 is 3.20 bits per heavy atom. The first-order chi connectivity index (χ1) is 9.78. The van der Waals surface area contributed by atoms with E-state index in [1.165, 1.54) is 0 Å². The van der Waals surface area contributed by atoms with E-state index in [1.807, 2.05) is 18.4 Å². The van der Waals surface area contributed by atoms with Gasteiger partial charge < -0.3 is 9.26 Å². The molecule has 0 spiro atoms. The topological polar surface area (TPSA) is 73.9 Å². The van der Waals surface area contributed by atoms with Crippen LogP contribution in [0.15, 0.2) is 27.3 Å². The van der Waals surface area contributed by atoms with E-state index >= 15 is 0 Å². The Kier molecular flexibility index (Phi) is 3.95. The van der Waals surface area contributed by atoms with Crippen LogP contribution in [0.3, 0.4) is 0 Å². The van der Waals surface area contributed by atoms with E-state index in [1.54, 1.807) is 36.5 Å². The van der Waals surface area contributed by atoms with Gasteiger partial charge in [-0.3, -0.25) is 0 Å². The highest BCUT2D eigenvalue weighted by molar-refractivity contribution is 7.99. The highest BCUT2D eigenvalue weighted by atomic mass is 32.2. The summed E-state index contributed by atoms with van der Waals surface area (Å²) in [4.78, 5) is 12.9. The molecule has 0 aromatic carbocycles. The molecule has 3 aromatic rings. The molecule has 3 aromatic heterocycles. The number of rotatable bonds is 5. The van der Waals surface area contributed by atoms with Gasteiger partial charge in [0.2, 0.25) is 5.89 Å². The van der Waals surface area contributed by atoms with Gasteiger partial charge in [-0.05, 0) is 18.4 Å². The molecule has 0 saturated heterocycles. The number of hydrogen-bond acceptors (Lipinski definition) is 8. The van der Waals surface area contributed by atoms with Crippen molar-refractivity contribution in [2.45, 2.75) is 23.8 Å². The molecule has 0 saturated carbocycles. The van der Waals surface area contributed by atoms with E-state index in [2.05, 4.69) is 20.1 Å². The number of thiophene rings is 1. The zero-order valence-corrected chi connectivity index (χ0v) is 12.6. The average molecular weight is 308 g/mol. The molecule has 0 bridgehead atoms. The number of ether oxygens (including phenoxy) is 1. The molecule has 0 radical (unpaired) electrons. The largest absolute Gasteiger partial charge is 0.377 e. The minimum Gasteiger partial charge on any atom is -0.377 e. The van der Waals surface area contributed by atoms with Crippen LogP contribution in [-0.4, -0.2) is 27.2 Å². The first kappa shape index (κ1) is 13.5. The van der Waals surface area contributed by atoms with Crippen LogP contribution in [0.5, 0.6) is 0 Å². The van der Waals surface area contributed by atoms with Gasteiger partial charge in [0.05, 0.1) is 15.5 Å². The van der Waals surface area contributed by atoms with Crippen molar-refractivity contribution in [1.29, 1.82) is 0 Å². The normalized spacial score (nSPS) is 12.9. The van der Waals surface area contributed by atoms with Crippen LogP contribution in [0, 0.1) is 0 Å². The number of methoxy groups -OCH3 is 1. The van der Waals surface area contributed by atoms with Crippen LogP contribution in [-0.2, 0) is 11.3 Å². The fraction of sp³-hybridized carbons (Fsp3) is 0.333. The fourth-order valence-corrected chi connectivity index (χ4v) is 3.56. The first-order valence-electron chi connectivity index (χ1n) is 5.94. The van der Waals surface area contributed by atoms with Gasteiger partial charge in [-0.25, -0.2) is 9.97 Å². The molecular weight excluding hydrogens is 296 g/mol. The molecule has 0 amide bonds. The molecule has 0 aliphatic heterocycles. The lowest BCUT2D eigenvalue weighted by Crippen LogP contribution is -1.93. The van der Waals surface area contributed by atoms with Crippen molar-refractivity contribution in [2.24, 2.45) is 0 Å². The molecule has 3 heterocycles. The summed E-state index contributed by atoms with van der Waals surface area (Å²) in [6.45, 7) is 2.36. The number of aromatic nitrogens is 4. The van der Waals surface area contributed by atoms with Crippen molar-refractivity contribution in [2.75, 3.05) is 7.11 Å². The summed E-state index contributed by atoms with van der Waals surface area (Å²) in [6.07, 6.45) is 1.58. The van der Waals surface area contributed by atoms with E-state index in [0.29, 0.717) is 18.3 Å². The third-order valence-electron chi connectivity index (χ3n) is 2.60.